The van der Waals surface area contributed by atoms with Crippen LogP contribution in [0.5, 0.6) is 0 Å². The molecule has 0 bridgehead atoms. The van der Waals surface area contributed by atoms with Crippen molar-refractivity contribution in [2.24, 2.45) is 29.2 Å². The van der Waals surface area contributed by atoms with Crippen molar-refractivity contribution in [3.63, 3.8) is 0 Å². The Morgan fingerprint density at radius 3 is 2.08 bits per heavy atom. The molecule has 0 radical (unpaired) electrons. The Hall–Kier alpha value is -2.81. The zero-order valence-corrected chi connectivity index (χ0v) is 33.5. The number of nitrogens with one attached hydrogen (secondary N) is 4. The van der Waals surface area contributed by atoms with E-state index in [1.807, 2.05) is 27.7 Å². The van der Waals surface area contributed by atoms with Crippen molar-refractivity contribution in [1.29, 1.82) is 0 Å². The highest BCUT2D eigenvalue weighted by atomic mass is 16.5. The maximum atomic E-state index is 14.2. The van der Waals surface area contributed by atoms with Crippen molar-refractivity contribution in [2.45, 2.75) is 160 Å². The minimum Gasteiger partial charge on any atom is -0.375 e. The third-order valence-electron chi connectivity index (χ3n) is 11.3. The van der Waals surface area contributed by atoms with Crippen LogP contribution in [0.2, 0.25) is 0 Å². The number of piperidine rings is 1. The first kappa shape index (κ1) is 44.6. The van der Waals surface area contributed by atoms with Gasteiger partial charge in [-0.1, -0.05) is 72.6 Å². The van der Waals surface area contributed by atoms with Gasteiger partial charge in [-0.15, -0.1) is 0 Å². The number of ether oxygens (including phenoxy) is 1. The van der Waals surface area contributed by atoms with Crippen LogP contribution < -0.4 is 32.7 Å². The Balaban J connectivity index is 2.00. The number of nitrogens with zero attached hydrogens (tertiary/aromatic N) is 2. The van der Waals surface area contributed by atoms with Gasteiger partial charge in [0.1, 0.15) is 24.2 Å². The Morgan fingerprint density at radius 1 is 0.811 bits per heavy atom. The van der Waals surface area contributed by atoms with Crippen LogP contribution in [0.1, 0.15) is 118 Å². The molecule has 0 aromatic heterocycles. The summed E-state index contributed by atoms with van der Waals surface area (Å²) in [7, 11) is 1.66. The maximum absolute atomic E-state index is 14.2. The highest BCUT2D eigenvalue weighted by molar-refractivity contribution is 5.96. The maximum Gasteiger partial charge on any atom is 0.244 e. The molecule has 1 unspecified atom stereocenters. The van der Waals surface area contributed by atoms with E-state index in [-0.39, 0.29) is 49.4 Å². The molecule has 3 fully saturated rings. The van der Waals surface area contributed by atoms with Gasteiger partial charge in [-0.05, 0) is 70.4 Å². The molecule has 1 aliphatic carbocycles. The monoisotopic (exact) mass is 749 g/mol. The van der Waals surface area contributed by atoms with Gasteiger partial charge in [0, 0.05) is 32.2 Å². The van der Waals surface area contributed by atoms with Gasteiger partial charge in [0.05, 0.1) is 18.6 Å². The SMILES string of the molecule is CCCCCC[C@H]1OC[C@@H](C)NC(=O)C(CN2CCC(N)CC2)NC(=O)[C@H](CN)NC(=O)[C@H](C2CCCCC2)NC(=O)[C@H](CC(C)C)N(C)C(=O)[C@@H]1C. The molecule has 2 heterocycles. The normalized spacial score (nSPS) is 30.5. The molecule has 2 aliphatic heterocycles. The largest absolute Gasteiger partial charge is 0.375 e. The summed E-state index contributed by atoms with van der Waals surface area (Å²) in [5.74, 6) is -2.68. The van der Waals surface area contributed by atoms with Crippen molar-refractivity contribution in [2.75, 3.05) is 39.8 Å². The van der Waals surface area contributed by atoms with Crippen LogP contribution in [-0.2, 0) is 28.7 Å². The molecular weight excluding hydrogens is 676 g/mol. The lowest BCUT2D eigenvalue weighted by Crippen LogP contribution is -2.62. The number of carbonyl (C=O) groups is 5. The van der Waals surface area contributed by atoms with Crippen LogP contribution in [0.3, 0.4) is 0 Å². The molecule has 0 aromatic carbocycles. The topological polar surface area (TPSA) is 201 Å². The van der Waals surface area contributed by atoms with Gasteiger partial charge in [-0.3, -0.25) is 24.0 Å². The van der Waals surface area contributed by atoms with Gasteiger partial charge in [0.2, 0.25) is 29.5 Å². The molecule has 5 amide bonds. The second kappa shape index (κ2) is 22.5. The summed E-state index contributed by atoms with van der Waals surface area (Å²) >= 11 is 0. The number of nitrogens with two attached hydrogens (primary N) is 2. The molecule has 304 valence electrons. The smallest absolute Gasteiger partial charge is 0.244 e. The molecule has 3 aliphatic rings. The molecule has 8 N–H and O–H groups in total. The Bertz CT molecular complexity index is 1170. The molecule has 14 heteroatoms. The summed E-state index contributed by atoms with van der Waals surface area (Å²) in [6, 6.07) is -4.14. The number of likely N-dealkylation sites (N-methyl/N-ethyl adjacent to an activating group) is 1. The van der Waals surface area contributed by atoms with Crippen LogP contribution in [-0.4, -0.2) is 122 Å². The van der Waals surface area contributed by atoms with Crippen molar-refractivity contribution in [3.05, 3.63) is 0 Å². The van der Waals surface area contributed by atoms with Gasteiger partial charge < -0.3 is 47.3 Å². The molecule has 14 nitrogen and oxygen atoms in total. The van der Waals surface area contributed by atoms with E-state index in [2.05, 4.69) is 33.1 Å². The number of likely N-dealkylation sites (tertiary alicyclic amines) is 1. The summed E-state index contributed by atoms with van der Waals surface area (Å²) in [6.07, 6.45) is 10.6. The zero-order valence-electron chi connectivity index (χ0n) is 33.5. The second-order valence-corrected chi connectivity index (χ2v) is 16.4. The molecule has 7 atom stereocenters. The van der Waals surface area contributed by atoms with E-state index in [1.54, 1.807) is 7.05 Å². The van der Waals surface area contributed by atoms with E-state index in [1.165, 1.54) is 4.90 Å². The van der Waals surface area contributed by atoms with Crippen molar-refractivity contribution in [3.8, 4) is 0 Å². The quantitative estimate of drug-likeness (QED) is 0.171. The molecule has 3 rings (SSSR count). The lowest BCUT2D eigenvalue weighted by atomic mass is 9.83. The first-order chi connectivity index (χ1) is 25.2. The van der Waals surface area contributed by atoms with Gasteiger partial charge in [-0.2, -0.15) is 0 Å². The minimum atomic E-state index is -1.14. The summed E-state index contributed by atoms with van der Waals surface area (Å²) in [5, 5.41) is 11.8. The van der Waals surface area contributed by atoms with Crippen LogP contribution >= 0.6 is 0 Å². The van der Waals surface area contributed by atoms with Crippen LogP contribution in [0.15, 0.2) is 0 Å². The first-order valence-corrected chi connectivity index (χ1v) is 20.5. The molecule has 2 saturated heterocycles. The number of carbonyl (C=O) groups excluding carboxylic acids is 5. The van der Waals surface area contributed by atoms with E-state index < -0.39 is 60.0 Å². The van der Waals surface area contributed by atoms with Crippen LogP contribution in [0.4, 0.5) is 0 Å². The molecule has 1 saturated carbocycles. The van der Waals surface area contributed by atoms with Gasteiger partial charge >= 0.3 is 0 Å². The standard InChI is InChI=1S/C39H72N8O6/c1-7-8-9-13-16-33-27(5)39(52)46(6)32(21-25(2)3)37(50)45-34(28-14-11-10-12-15-28)38(51)43-30(22-40)35(48)44-31(36(49)42-26(4)24-53-33)23-47-19-17-29(41)18-20-47/h25-34H,7-24,40-41H2,1-6H3,(H,42,49)(H,43,51)(H,44,48)(H,45,50)/t26-,27-,30+,31?,32+,33-,34+/m1/s1. The summed E-state index contributed by atoms with van der Waals surface area (Å²) in [4.78, 5) is 73.9. The Labute approximate surface area is 318 Å². The minimum absolute atomic E-state index is 0.0883. The van der Waals surface area contributed by atoms with E-state index in [9.17, 15) is 24.0 Å². The lowest BCUT2D eigenvalue weighted by Gasteiger charge is -2.36. The third kappa shape index (κ3) is 14.1. The fourth-order valence-electron chi connectivity index (χ4n) is 7.89. The Kier molecular flexibility index (Phi) is 19.0. The van der Waals surface area contributed by atoms with Crippen molar-refractivity contribution in [1.82, 2.24) is 31.1 Å². The number of hydrogen-bond donors (Lipinski definition) is 6. The molecule has 0 spiro atoms. The summed E-state index contributed by atoms with van der Waals surface area (Å²) < 4.78 is 6.44. The molecular formula is C39H72N8O6. The number of unbranched alkanes of at least 4 members (excludes halogenated alkanes) is 3. The average molecular weight is 749 g/mol. The van der Waals surface area contributed by atoms with Crippen molar-refractivity contribution < 1.29 is 28.7 Å². The highest BCUT2D eigenvalue weighted by Gasteiger charge is 2.39. The summed E-state index contributed by atoms with van der Waals surface area (Å²) in [6.45, 7) is 11.4. The van der Waals surface area contributed by atoms with Gasteiger partial charge in [0.15, 0.2) is 0 Å². The van der Waals surface area contributed by atoms with Gasteiger partial charge in [-0.25, -0.2) is 0 Å². The fourth-order valence-corrected chi connectivity index (χ4v) is 7.89. The molecule has 0 aromatic rings. The lowest BCUT2D eigenvalue weighted by molar-refractivity contribution is -0.147. The number of hydrogen-bond acceptors (Lipinski definition) is 9. The summed E-state index contributed by atoms with van der Waals surface area (Å²) in [5.41, 5.74) is 12.2. The van der Waals surface area contributed by atoms with E-state index in [0.717, 1.165) is 70.6 Å². The predicted octanol–water partition coefficient (Wildman–Crippen LogP) is 1.79. The van der Waals surface area contributed by atoms with E-state index >= 15 is 0 Å². The second-order valence-electron chi connectivity index (χ2n) is 16.4. The first-order valence-electron chi connectivity index (χ1n) is 20.5. The number of rotatable bonds is 11. The van der Waals surface area contributed by atoms with Gasteiger partial charge in [0.25, 0.3) is 0 Å². The van der Waals surface area contributed by atoms with Crippen molar-refractivity contribution >= 4 is 29.5 Å². The van der Waals surface area contributed by atoms with E-state index in [0.29, 0.717) is 25.9 Å². The van der Waals surface area contributed by atoms with E-state index in [4.69, 9.17) is 16.2 Å². The fraction of sp³-hybridized carbons (Fsp3) is 0.872. The zero-order chi connectivity index (χ0) is 39.1. The van der Waals surface area contributed by atoms with Crippen LogP contribution in [0, 0.1) is 17.8 Å². The highest BCUT2D eigenvalue weighted by Crippen LogP contribution is 2.28. The third-order valence-corrected chi connectivity index (χ3v) is 11.3. The predicted molar refractivity (Wildman–Crippen MR) is 206 cm³/mol. The average Bonchev–Trinajstić information content (AvgIpc) is 3.14. The number of amides is 5. The Morgan fingerprint density at radius 2 is 1.45 bits per heavy atom. The molecule has 53 heavy (non-hydrogen) atoms. The van der Waals surface area contributed by atoms with Crippen LogP contribution in [0.25, 0.3) is 0 Å².